The number of hydrogen-bond donors (Lipinski definition) is 1. The molecule has 8 atom stereocenters. The molecule has 5 aliphatic rings. The molecular weight excluding hydrogens is 374 g/mol. The van der Waals surface area contributed by atoms with Gasteiger partial charge in [-0.2, -0.15) is 0 Å². The molecule has 2 N–H and O–H groups in total. The Labute approximate surface area is 180 Å². The molecule has 4 aliphatic carbocycles. The molecule has 4 nitrogen and oxygen atoms in total. The minimum Gasteiger partial charge on any atom is -0.472 e. The molecule has 2 heterocycles. The van der Waals surface area contributed by atoms with Crippen molar-refractivity contribution in [2.45, 2.75) is 88.9 Å². The van der Waals surface area contributed by atoms with Crippen LogP contribution in [0.15, 0.2) is 34.7 Å². The highest BCUT2D eigenvalue weighted by Gasteiger charge is 2.80. The SMILES string of the molecule is C[C@]12CCC(OCCCN)CC1=CC[C@@H]1[C@H]2CC[C@]2(C)C(c3ccoc3)CC3O[C@]312. The van der Waals surface area contributed by atoms with Crippen LogP contribution in [0, 0.1) is 22.7 Å². The number of furan rings is 1. The van der Waals surface area contributed by atoms with Crippen molar-refractivity contribution in [1.29, 1.82) is 0 Å². The van der Waals surface area contributed by atoms with E-state index in [2.05, 4.69) is 26.0 Å². The van der Waals surface area contributed by atoms with Gasteiger partial charge in [0.2, 0.25) is 0 Å². The zero-order valence-electron chi connectivity index (χ0n) is 18.6. The Morgan fingerprint density at radius 1 is 1.20 bits per heavy atom. The molecule has 4 fully saturated rings. The van der Waals surface area contributed by atoms with Crippen LogP contribution in [0.1, 0.15) is 76.7 Å². The molecule has 6 rings (SSSR count). The first-order valence-electron chi connectivity index (χ1n) is 12.2. The van der Waals surface area contributed by atoms with E-state index in [1.165, 1.54) is 44.1 Å². The maximum atomic E-state index is 6.66. The topological polar surface area (TPSA) is 60.9 Å². The van der Waals surface area contributed by atoms with Crippen molar-refractivity contribution in [1.82, 2.24) is 0 Å². The monoisotopic (exact) mass is 411 g/mol. The number of rotatable bonds is 5. The zero-order chi connectivity index (χ0) is 20.6. The van der Waals surface area contributed by atoms with Gasteiger partial charge in [0.25, 0.3) is 0 Å². The van der Waals surface area contributed by atoms with Gasteiger partial charge in [0, 0.05) is 12.0 Å². The maximum absolute atomic E-state index is 6.66. The first kappa shape index (κ1) is 19.6. The number of fused-ring (bicyclic) bond motifs is 3. The van der Waals surface area contributed by atoms with Crippen LogP contribution in [0.2, 0.25) is 0 Å². The van der Waals surface area contributed by atoms with E-state index in [1.54, 1.807) is 5.57 Å². The van der Waals surface area contributed by atoms with E-state index in [4.69, 9.17) is 19.6 Å². The second kappa shape index (κ2) is 6.70. The van der Waals surface area contributed by atoms with Gasteiger partial charge in [-0.15, -0.1) is 0 Å². The smallest absolute Gasteiger partial charge is 0.104 e. The molecule has 0 aromatic carbocycles. The van der Waals surface area contributed by atoms with Crippen molar-refractivity contribution in [2.24, 2.45) is 28.4 Å². The molecule has 1 saturated heterocycles. The Morgan fingerprint density at radius 2 is 2.10 bits per heavy atom. The third kappa shape index (κ3) is 2.45. The fraction of sp³-hybridized carbons (Fsp3) is 0.769. The molecule has 3 unspecified atom stereocenters. The summed E-state index contributed by atoms with van der Waals surface area (Å²) >= 11 is 0. The van der Waals surface area contributed by atoms with Gasteiger partial charge < -0.3 is 19.6 Å². The van der Waals surface area contributed by atoms with Crippen molar-refractivity contribution in [3.63, 3.8) is 0 Å². The molecule has 1 aliphatic heterocycles. The minimum atomic E-state index is 0.0946. The highest BCUT2D eigenvalue weighted by atomic mass is 16.6. The average molecular weight is 412 g/mol. The number of nitrogens with two attached hydrogens (primary N) is 1. The normalized spacial score (nSPS) is 48.9. The fourth-order valence-corrected chi connectivity index (χ4v) is 8.51. The molecule has 3 saturated carbocycles. The van der Waals surface area contributed by atoms with Gasteiger partial charge in [0.05, 0.1) is 24.7 Å². The van der Waals surface area contributed by atoms with Gasteiger partial charge in [-0.25, -0.2) is 0 Å². The second-order valence-corrected chi connectivity index (χ2v) is 11.2. The largest absolute Gasteiger partial charge is 0.472 e. The van der Waals surface area contributed by atoms with Crippen molar-refractivity contribution >= 4 is 0 Å². The Hall–Kier alpha value is -1.10. The van der Waals surface area contributed by atoms with Crippen molar-refractivity contribution in [3.8, 4) is 0 Å². The zero-order valence-corrected chi connectivity index (χ0v) is 18.6. The standard InChI is InChI=1S/C26H37NO3/c1-24-9-6-19(29-12-3-11-27)14-18(24)4-5-21-20(24)7-10-25(2)22(17-8-13-28-16-17)15-23-26(21,25)30-23/h4,8,13,16,19-23H,3,5-7,9-12,14-15,27H2,1-2H3/t19?,20-,21-,22?,23?,24+,25-,26+/m1/s1. The summed E-state index contributed by atoms with van der Waals surface area (Å²) in [6, 6.07) is 2.19. The average Bonchev–Trinajstić information content (AvgIpc) is 3.09. The molecule has 1 aromatic rings. The summed E-state index contributed by atoms with van der Waals surface area (Å²) in [6.45, 7) is 6.62. The maximum Gasteiger partial charge on any atom is 0.104 e. The summed E-state index contributed by atoms with van der Waals surface area (Å²) in [5, 5.41) is 0. The van der Waals surface area contributed by atoms with Crippen molar-refractivity contribution in [3.05, 3.63) is 35.8 Å². The molecule has 0 amide bonds. The van der Waals surface area contributed by atoms with E-state index >= 15 is 0 Å². The number of hydrogen-bond acceptors (Lipinski definition) is 4. The van der Waals surface area contributed by atoms with E-state index in [1.807, 2.05) is 12.5 Å². The first-order valence-corrected chi connectivity index (χ1v) is 12.2. The molecule has 4 heteroatoms. The van der Waals surface area contributed by atoms with Gasteiger partial charge >= 0.3 is 0 Å². The molecule has 1 spiro atoms. The van der Waals surface area contributed by atoms with E-state index in [0.29, 0.717) is 29.5 Å². The Morgan fingerprint density at radius 3 is 2.90 bits per heavy atom. The summed E-state index contributed by atoms with van der Waals surface area (Å²) in [4.78, 5) is 0. The molecule has 164 valence electrons. The molecule has 30 heavy (non-hydrogen) atoms. The van der Waals surface area contributed by atoms with Crippen LogP contribution in [0.3, 0.4) is 0 Å². The van der Waals surface area contributed by atoms with E-state index in [0.717, 1.165) is 31.9 Å². The van der Waals surface area contributed by atoms with Gasteiger partial charge in [-0.1, -0.05) is 25.5 Å². The van der Waals surface area contributed by atoms with Crippen LogP contribution in [-0.2, 0) is 9.47 Å². The number of ether oxygens (including phenoxy) is 2. The third-order valence-electron chi connectivity index (χ3n) is 10.1. The molecule has 0 bridgehead atoms. The van der Waals surface area contributed by atoms with Crippen molar-refractivity contribution < 1.29 is 13.9 Å². The van der Waals surface area contributed by atoms with E-state index < -0.39 is 0 Å². The predicted molar refractivity (Wildman–Crippen MR) is 116 cm³/mol. The van der Waals surface area contributed by atoms with Crippen LogP contribution in [0.5, 0.6) is 0 Å². The van der Waals surface area contributed by atoms with Crippen LogP contribution >= 0.6 is 0 Å². The summed E-state index contributed by atoms with van der Waals surface area (Å²) in [6.07, 6.45) is 16.8. The lowest BCUT2D eigenvalue weighted by Crippen LogP contribution is -2.55. The van der Waals surface area contributed by atoms with Gasteiger partial charge in [-0.05, 0) is 92.7 Å². The van der Waals surface area contributed by atoms with E-state index in [-0.39, 0.29) is 11.0 Å². The summed E-state index contributed by atoms with van der Waals surface area (Å²) in [5.41, 5.74) is 9.38. The summed E-state index contributed by atoms with van der Waals surface area (Å²) in [5.74, 6) is 2.01. The van der Waals surface area contributed by atoms with E-state index in [9.17, 15) is 0 Å². The number of epoxide rings is 1. The predicted octanol–water partition coefficient (Wildman–Crippen LogP) is 5.19. The lowest BCUT2D eigenvalue weighted by molar-refractivity contribution is -0.0803. The second-order valence-electron chi connectivity index (χ2n) is 11.2. The highest BCUT2D eigenvalue weighted by Crippen LogP contribution is 2.77. The van der Waals surface area contributed by atoms with Crippen LogP contribution in [0.25, 0.3) is 0 Å². The third-order valence-corrected chi connectivity index (χ3v) is 10.1. The van der Waals surface area contributed by atoms with Crippen LogP contribution in [-0.4, -0.2) is 31.0 Å². The highest BCUT2D eigenvalue weighted by molar-refractivity contribution is 5.37. The van der Waals surface area contributed by atoms with Crippen LogP contribution in [0.4, 0.5) is 0 Å². The van der Waals surface area contributed by atoms with Gasteiger partial charge in [0.1, 0.15) is 5.60 Å². The minimum absolute atomic E-state index is 0.0946. The fourth-order valence-electron chi connectivity index (χ4n) is 8.51. The summed E-state index contributed by atoms with van der Waals surface area (Å²) < 4.78 is 18.3. The van der Waals surface area contributed by atoms with Gasteiger partial charge in [-0.3, -0.25) is 0 Å². The summed E-state index contributed by atoms with van der Waals surface area (Å²) in [7, 11) is 0. The lowest BCUT2D eigenvalue weighted by Gasteiger charge is -2.58. The Balaban J connectivity index is 1.26. The Bertz CT molecular complexity index is 833. The first-order chi connectivity index (χ1) is 14.5. The van der Waals surface area contributed by atoms with Crippen LogP contribution < -0.4 is 5.73 Å². The molecule has 1 aromatic heterocycles. The quantitative estimate of drug-likeness (QED) is 0.411. The van der Waals surface area contributed by atoms with Crippen molar-refractivity contribution in [2.75, 3.05) is 13.2 Å². The molecule has 0 radical (unpaired) electrons. The number of allylic oxidation sites excluding steroid dienone is 1. The lowest BCUT2D eigenvalue weighted by atomic mass is 9.46. The molecular formula is C26H37NO3. The van der Waals surface area contributed by atoms with Gasteiger partial charge in [0.15, 0.2) is 0 Å². The Kier molecular flexibility index (Phi) is 4.37.